The van der Waals surface area contributed by atoms with Gasteiger partial charge in [-0.15, -0.1) is 0 Å². The van der Waals surface area contributed by atoms with Crippen molar-refractivity contribution in [3.63, 3.8) is 0 Å². The maximum absolute atomic E-state index is 13.0. The van der Waals surface area contributed by atoms with Gasteiger partial charge in [-0.05, 0) is 77.0 Å². The molecule has 9 heteroatoms. The van der Waals surface area contributed by atoms with Gasteiger partial charge < -0.3 is 40.3 Å². The van der Waals surface area contributed by atoms with E-state index in [2.05, 4.69) is 92.1 Å². The molecule has 0 aromatic carbocycles. The number of ether oxygens (including phenoxy) is 2. The lowest BCUT2D eigenvalue weighted by Gasteiger charge is -2.40. The van der Waals surface area contributed by atoms with Gasteiger partial charge in [-0.3, -0.25) is 4.79 Å². The van der Waals surface area contributed by atoms with Crippen molar-refractivity contribution in [1.29, 1.82) is 0 Å². The topological polar surface area (TPSA) is 149 Å². The zero-order valence-corrected chi connectivity index (χ0v) is 38.4. The molecule has 0 aliphatic carbocycles. The van der Waals surface area contributed by atoms with E-state index in [1.807, 2.05) is 6.08 Å². The minimum absolute atomic E-state index is 0.198. The Bertz CT molecular complexity index is 1220. The number of unbranched alkanes of at least 4 members (excludes halogenated alkanes) is 17. The Kier molecular flexibility index (Phi) is 38.3. The molecule has 1 aliphatic rings. The highest BCUT2D eigenvalue weighted by Crippen LogP contribution is 2.22. The van der Waals surface area contributed by atoms with Crippen molar-refractivity contribution >= 4 is 5.91 Å². The summed E-state index contributed by atoms with van der Waals surface area (Å²) in [5, 5.41) is 54.1. The van der Waals surface area contributed by atoms with Crippen LogP contribution in [0.15, 0.2) is 85.1 Å². The van der Waals surface area contributed by atoms with Gasteiger partial charge in [0.1, 0.15) is 24.4 Å². The summed E-state index contributed by atoms with van der Waals surface area (Å²) in [5.74, 6) is -0.198. The van der Waals surface area contributed by atoms with E-state index in [1.54, 1.807) is 6.08 Å². The third-order valence-corrected chi connectivity index (χ3v) is 10.9. The molecule has 1 rings (SSSR count). The standard InChI is InChI=1S/C52H89NO8/c1-3-5-7-9-11-13-15-16-17-18-19-20-21-22-23-24-25-26-27-28-29-30-32-34-36-38-40-42-48(56)53-45(44-60-52-51(59)50(58)49(57)47(43-54)61-52)46(55)41-39-37-35-33-31-14-12-10-8-6-4-2/h5,7-8,10-11,13,16-17,19-20,31,33,39,41,45-47,49-52,54-55,57-59H,3-4,6,9,12,14-15,18,21-30,32,34-38,40,42-44H2,1-2H3,(H,53,56)/b7-5-,10-8+,13-11-,17-16-,20-19-,33-31+,41-39+. The smallest absolute Gasteiger partial charge is 0.220 e. The third-order valence-electron chi connectivity index (χ3n) is 10.9. The fourth-order valence-corrected chi connectivity index (χ4v) is 7.07. The zero-order valence-electron chi connectivity index (χ0n) is 38.4. The van der Waals surface area contributed by atoms with Gasteiger partial charge in [-0.25, -0.2) is 0 Å². The minimum Gasteiger partial charge on any atom is -0.394 e. The minimum atomic E-state index is -1.58. The fourth-order valence-electron chi connectivity index (χ4n) is 7.07. The number of hydrogen-bond acceptors (Lipinski definition) is 8. The van der Waals surface area contributed by atoms with Crippen molar-refractivity contribution in [3.8, 4) is 0 Å². The number of allylic oxidation sites excluding steroid dienone is 13. The Hall–Kier alpha value is -2.63. The Morgan fingerprint density at radius 3 is 1.56 bits per heavy atom. The number of rotatable bonds is 39. The summed E-state index contributed by atoms with van der Waals surface area (Å²) < 4.78 is 11.2. The molecule has 7 atom stereocenters. The second-order valence-corrected chi connectivity index (χ2v) is 16.5. The first kappa shape index (κ1) is 56.4. The number of aliphatic hydroxyl groups excluding tert-OH is 5. The van der Waals surface area contributed by atoms with Crippen LogP contribution in [-0.2, 0) is 14.3 Å². The largest absolute Gasteiger partial charge is 0.394 e. The van der Waals surface area contributed by atoms with Crippen LogP contribution >= 0.6 is 0 Å². The first-order valence-electron chi connectivity index (χ1n) is 24.3. The van der Waals surface area contributed by atoms with Crippen LogP contribution in [-0.4, -0.2) is 87.5 Å². The van der Waals surface area contributed by atoms with E-state index in [1.165, 1.54) is 77.0 Å². The highest BCUT2D eigenvalue weighted by atomic mass is 16.7. The second kappa shape index (κ2) is 41.4. The van der Waals surface area contributed by atoms with E-state index in [-0.39, 0.29) is 12.5 Å². The molecule has 0 radical (unpaired) electrons. The number of hydrogen-bond donors (Lipinski definition) is 6. The van der Waals surface area contributed by atoms with E-state index in [4.69, 9.17) is 9.47 Å². The average Bonchev–Trinajstić information content (AvgIpc) is 3.26. The number of carbonyl (C=O) groups is 1. The highest BCUT2D eigenvalue weighted by Gasteiger charge is 2.44. The van der Waals surface area contributed by atoms with Crippen LogP contribution in [0.1, 0.15) is 181 Å². The van der Waals surface area contributed by atoms with E-state index in [0.29, 0.717) is 6.42 Å². The van der Waals surface area contributed by atoms with Crippen LogP contribution in [0.2, 0.25) is 0 Å². The lowest BCUT2D eigenvalue weighted by atomic mass is 9.99. The Labute approximate surface area is 371 Å². The van der Waals surface area contributed by atoms with Gasteiger partial charge in [0.05, 0.1) is 25.4 Å². The number of carbonyl (C=O) groups excluding carboxylic acids is 1. The maximum Gasteiger partial charge on any atom is 0.220 e. The summed E-state index contributed by atoms with van der Waals surface area (Å²) in [7, 11) is 0. The van der Waals surface area contributed by atoms with Gasteiger partial charge >= 0.3 is 0 Å². The number of amides is 1. The van der Waals surface area contributed by atoms with Gasteiger partial charge in [0.15, 0.2) is 6.29 Å². The van der Waals surface area contributed by atoms with E-state index in [0.717, 1.165) is 83.5 Å². The predicted molar refractivity (Wildman–Crippen MR) is 253 cm³/mol. The third kappa shape index (κ3) is 31.8. The molecule has 7 unspecified atom stereocenters. The molecule has 1 aliphatic heterocycles. The molecule has 1 saturated heterocycles. The molecular formula is C52H89NO8. The normalized spacial score (nSPS) is 21.2. The molecule has 0 aromatic rings. The van der Waals surface area contributed by atoms with Crippen molar-refractivity contribution in [2.45, 2.75) is 224 Å². The molecular weight excluding hydrogens is 767 g/mol. The predicted octanol–water partition coefficient (Wildman–Crippen LogP) is 10.7. The van der Waals surface area contributed by atoms with Crippen LogP contribution in [0.4, 0.5) is 0 Å². The molecule has 0 bridgehead atoms. The monoisotopic (exact) mass is 856 g/mol. The summed E-state index contributed by atoms with van der Waals surface area (Å²) in [6, 6.07) is -0.830. The van der Waals surface area contributed by atoms with Crippen LogP contribution in [0, 0.1) is 0 Å². The first-order valence-corrected chi connectivity index (χ1v) is 24.3. The summed E-state index contributed by atoms with van der Waals surface area (Å²) in [6.45, 7) is 3.55. The van der Waals surface area contributed by atoms with Crippen molar-refractivity contribution in [2.24, 2.45) is 0 Å². The molecule has 350 valence electrons. The lowest BCUT2D eigenvalue weighted by Crippen LogP contribution is -2.60. The fraction of sp³-hybridized carbons (Fsp3) is 0.712. The maximum atomic E-state index is 13.0. The molecule has 61 heavy (non-hydrogen) atoms. The molecule has 9 nitrogen and oxygen atoms in total. The molecule has 0 aromatic heterocycles. The Balaban J connectivity index is 2.23. The number of nitrogens with one attached hydrogen (secondary N) is 1. The van der Waals surface area contributed by atoms with Crippen LogP contribution in [0.3, 0.4) is 0 Å². The van der Waals surface area contributed by atoms with Crippen molar-refractivity contribution in [3.05, 3.63) is 85.1 Å². The van der Waals surface area contributed by atoms with Gasteiger partial charge in [0.2, 0.25) is 5.91 Å². The van der Waals surface area contributed by atoms with E-state index >= 15 is 0 Å². The molecule has 6 N–H and O–H groups in total. The van der Waals surface area contributed by atoms with Crippen molar-refractivity contribution < 1.29 is 39.8 Å². The van der Waals surface area contributed by atoms with Gasteiger partial charge in [-0.1, -0.05) is 182 Å². The van der Waals surface area contributed by atoms with E-state index < -0.39 is 49.5 Å². The summed E-state index contributed by atoms with van der Waals surface area (Å²) >= 11 is 0. The zero-order chi connectivity index (χ0) is 44.4. The Morgan fingerprint density at radius 2 is 1.03 bits per heavy atom. The molecule has 1 amide bonds. The van der Waals surface area contributed by atoms with Crippen LogP contribution in [0.25, 0.3) is 0 Å². The Morgan fingerprint density at radius 1 is 0.574 bits per heavy atom. The SMILES string of the molecule is CC/C=C\C/C=C\C/C=C\C/C=C\CCCCCCCCCCCCCCCCC(=O)NC(COC1OC(CO)C(O)C(O)C1O)C(O)/C=C/CC/C=C/CC/C=C/CCC. The quantitative estimate of drug-likeness (QED) is 0.0264. The van der Waals surface area contributed by atoms with Gasteiger partial charge in [-0.2, -0.15) is 0 Å². The average molecular weight is 856 g/mol. The molecule has 0 spiro atoms. The van der Waals surface area contributed by atoms with Gasteiger partial charge in [0.25, 0.3) is 0 Å². The van der Waals surface area contributed by atoms with Gasteiger partial charge in [0, 0.05) is 6.42 Å². The molecule has 1 heterocycles. The highest BCUT2D eigenvalue weighted by molar-refractivity contribution is 5.76. The van der Waals surface area contributed by atoms with Crippen LogP contribution in [0.5, 0.6) is 0 Å². The van der Waals surface area contributed by atoms with Crippen LogP contribution < -0.4 is 5.32 Å². The lowest BCUT2D eigenvalue weighted by molar-refractivity contribution is -0.302. The van der Waals surface area contributed by atoms with Crippen molar-refractivity contribution in [1.82, 2.24) is 5.32 Å². The molecule has 1 fully saturated rings. The second-order valence-electron chi connectivity index (χ2n) is 16.5. The van der Waals surface area contributed by atoms with Crippen molar-refractivity contribution in [2.75, 3.05) is 13.2 Å². The van der Waals surface area contributed by atoms with E-state index in [9.17, 15) is 30.3 Å². The number of aliphatic hydroxyl groups is 5. The molecule has 0 saturated carbocycles. The first-order chi connectivity index (χ1) is 29.8. The summed E-state index contributed by atoms with van der Waals surface area (Å²) in [6.07, 6.45) is 50.7. The summed E-state index contributed by atoms with van der Waals surface area (Å²) in [5.41, 5.74) is 0. The summed E-state index contributed by atoms with van der Waals surface area (Å²) in [4.78, 5) is 13.0.